The molecule has 4 N–H and O–H groups in total. The van der Waals surface area contributed by atoms with Crippen LogP contribution in [0.25, 0.3) is 0 Å². The number of amides is 3. The number of nitro benzene ring substituents is 1. The lowest BCUT2D eigenvalue weighted by atomic mass is 10.2. The summed E-state index contributed by atoms with van der Waals surface area (Å²) >= 11 is 0. The van der Waals surface area contributed by atoms with E-state index < -0.39 is 22.9 Å². The van der Waals surface area contributed by atoms with Crippen LogP contribution < -0.4 is 21.3 Å². The Morgan fingerprint density at radius 1 is 0.806 bits per heavy atom. The highest BCUT2D eigenvalue weighted by Crippen LogP contribution is 2.23. The Labute approximate surface area is 178 Å². The topological polar surface area (TPSA) is 125 Å². The summed E-state index contributed by atoms with van der Waals surface area (Å²) in [6, 6.07) is 20.7. The Morgan fingerprint density at radius 2 is 1.42 bits per heavy atom. The maximum atomic E-state index is 12.5. The number of carbonyl (C=O) groups is 2. The molecule has 0 fully saturated rings. The summed E-state index contributed by atoms with van der Waals surface area (Å²) in [6.45, 7) is 1.63. The van der Waals surface area contributed by atoms with Crippen LogP contribution >= 0.6 is 0 Å². The van der Waals surface area contributed by atoms with E-state index in [1.165, 1.54) is 18.2 Å². The molecule has 1 atom stereocenters. The van der Waals surface area contributed by atoms with Gasteiger partial charge < -0.3 is 21.3 Å². The molecule has 0 aliphatic rings. The van der Waals surface area contributed by atoms with Gasteiger partial charge in [0.05, 0.1) is 4.92 Å². The fraction of sp³-hybridized carbons (Fsp3) is 0.0909. The molecule has 0 spiro atoms. The number of nitro groups is 1. The molecule has 0 saturated heterocycles. The quantitative estimate of drug-likeness (QED) is 0.327. The van der Waals surface area contributed by atoms with Gasteiger partial charge in [0.15, 0.2) is 0 Å². The Balaban J connectivity index is 1.60. The monoisotopic (exact) mass is 419 g/mol. The summed E-state index contributed by atoms with van der Waals surface area (Å²) in [6.07, 6.45) is 0. The standard InChI is InChI=1S/C22H21N5O4/c1-15(21(28)26-19-12-5-6-13-20(19)27(30)31)23-17-10-7-11-18(14-17)25-22(29)24-16-8-3-2-4-9-16/h2-15,23H,1H3,(H,26,28)(H2,24,25,29)/t15-/m0/s1. The van der Waals surface area contributed by atoms with Gasteiger partial charge in [0, 0.05) is 23.1 Å². The lowest BCUT2D eigenvalue weighted by Gasteiger charge is -2.16. The number of urea groups is 1. The average Bonchev–Trinajstić information content (AvgIpc) is 2.74. The fourth-order valence-electron chi connectivity index (χ4n) is 2.80. The molecule has 0 saturated carbocycles. The van der Waals surface area contributed by atoms with Crippen molar-refractivity contribution >= 4 is 40.4 Å². The molecule has 0 radical (unpaired) electrons. The summed E-state index contributed by atoms with van der Waals surface area (Å²) in [4.78, 5) is 35.2. The minimum atomic E-state index is -0.687. The van der Waals surface area contributed by atoms with Crippen LogP contribution in [0, 0.1) is 10.1 Å². The second-order valence-corrected chi connectivity index (χ2v) is 6.66. The second kappa shape index (κ2) is 9.88. The van der Waals surface area contributed by atoms with Crippen LogP contribution in [0.2, 0.25) is 0 Å². The van der Waals surface area contributed by atoms with Gasteiger partial charge in [-0.3, -0.25) is 14.9 Å². The first-order valence-corrected chi connectivity index (χ1v) is 9.46. The van der Waals surface area contributed by atoms with Gasteiger partial charge in [-0.25, -0.2) is 4.79 Å². The second-order valence-electron chi connectivity index (χ2n) is 6.66. The third kappa shape index (κ3) is 6.04. The van der Waals surface area contributed by atoms with Crippen LogP contribution in [-0.2, 0) is 4.79 Å². The highest BCUT2D eigenvalue weighted by atomic mass is 16.6. The largest absolute Gasteiger partial charge is 0.374 e. The molecule has 0 aliphatic carbocycles. The molecule has 9 nitrogen and oxygen atoms in total. The van der Waals surface area contributed by atoms with E-state index in [9.17, 15) is 19.7 Å². The molecular formula is C22H21N5O4. The van der Waals surface area contributed by atoms with Crippen LogP contribution in [0.4, 0.5) is 33.2 Å². The highest BCUT2D eigenvalue weighted by molar-refractivity contribution is 6.00. The molecule has 9 heteroatoms. The summed E-state index contributed by atoms with van der Waals surface area (Å²) in [7, 11) is 0. The van der Waals surface area contributed by atoms with E-state index >= 15 is 0 Å². The van der Waals surface area contributed by atoms with Gasteiger partial charge in [-0.05, 0) is 43.3 Å². The third-order valence-corrected chi connectivity index (χ3v) is 4.29. The lowest BCUT2D eigenvalue weighted by Crippen LogP contribution is -2.32. The van der Waals surface area contributed by atoms with Gasteiger partial charge in [0.1, 0.15) is 11.7 Å². The number of nitrogens with one attached hydrogen (secondary N) is 4. The summed E-state index contributed by atoms with van der Waals surface area (Å²) in [5.74, 6) is -0.436. The lowest BCUT2D eigenvalue weighted by molar-refractivity contribution is -0.383. The van der Waals surface area contributed by atoms with Crippen LogP contribution in [0.15, 0.2) is 78.9 Å². The molecular weight excluding hydrogens is 398 g/mol. The molecule has 3 rings (SSSR count). The first-order chi connectivity index (χ1) is 14.9. The van der Waals surface area contributed by atoms with Crippen molar-refractivity contribution in [1.82, 2.24) is 0 Å². The zero-order valence-electron chi connectivity index (χ0n) is 16.7. The number of carbonyl (C=O) groups excluding carboxylic acids is 2. The van der Waals surface area contributed by atoms with E-state index in [2.05, 4.69) is 21.3 Å². The van der Waals surface area contributed by atoms with Gasteiger partial charge in [-0.2, -0.15) is 0 Å². The molecule has 3 aromatic rings. The SMILES string of the molecule is C[C@H](Nc1cccc(NC(=O)Nc2ccccc2)c1)C(=O)Nc1ccccc1[N+](=O)[O-]. The smallest absolute Gasteiger partial charge is 0.323 e. The van der Waals surface area contributed by atoms with Gasteiger partial charge in [-0.15, -0.1) is 0 Å². The molecule has 0 aromatic heterocycles. The van der Waals surface area contributed by atoms with Crippen molar-refractivity contribution in [2.45, 2.75) is 13.0 Å². The van der Waals surface area contributed by atoms with Gasteiger partial charge in [-0.1, -0.05) is 36.4 Å². The number of anilines is 4. The summed E-state index contributed by atoms with van der Waals surface area (Å²) < 4.78 is 0. The van der Waals surface area contributed by atoms with Crippen LogP contribution in [-0.4, -0.2) is 22.9 Å². The Morgan fingerprint density at radius 3 is 2.16 bits per heavy atom. The number of hydrogen-bond acceptors (Lipinski definition) is 5. The van der Waals surface area contributed by atoms with Crippen molar-refractivity contribution in [2.75, 3.05) is 21.3 Å². The molecule has 158 valence electrons. The maximum Gasteiger partial charge on any atom is 0.323 e. The van der Waals surface area contributed by atoms with E-state index in [0.29, 0.717) is 17.1 Å². The van der Waals surface area contributed by atoms with Crippen LogP contribution in [0.5, 0.6) is 0 Å². The predicted molar refractivity (Wildman–Crippen MR) is 120 cm³/mol. The first-order valence-electron chi connectivity index (χ1n) is 9.46. The Bertz CT molecular complexity index is 1090. The maximum absolute atomic E-state index is 12.5. The van der Waals surface area contributed by atoms with Gasteiger partial charge >= 0.3 is 6.03 Å². The molecule has 0 heterocycles. The number of nitrogens with zero attached hydrogens (tertiary/aromatic N) is 1. The van der Waals surface area contributed by atoms with Crippen molar-refractivity contribution in [2.24, 2.45) is 0 Å². The predicted octanol–water partition coefficient (Wildman–Crippen LogP) is 4.68. The molecule has 0 aliphatic heterocycles. The minimum Gasteiger partial charge on any atom is -0.374 e. The number of para-hydroxylation sites is 3. The normalized spacial score (nSPS) is 11.1. The number of rotatable bonds is 7. The minimum absolute atomic E-state index is 0.124. The summed E-state index contributed by atoms with van der Waals surface area (Å²) in [5, 5.41) is 22.1. The first kappa shape index (κ1) is 21.3. The summed E-state index contributed by atoms with van der Waals surface area (Å²) in [5.41, 5.74) is 1.74. The molecule has 0 unspecified atom stereocenters. The van der Waals surface area contributed by atoms with E-state index in [0.717, 1.165) is 0 Å². The Kier molecular flexibility index (Phi) is 6.79. The van der Waals surface area contributed by atoms with E-state index in [1.807, 2.05) is 18.2 Å². The number of benzene rings is 3. The fourth-order valence-corrected chi connectivity index (χ4v) is 2.80. The zero-order valence-corrected chi connectivity index (χ0v) is 16.7. The van der Waals surface area contributed by atoms with Crippen molar-refractivity contribution < 1.29 is 14.5 Å². The van der Waals surface area contributed by atoms with Gasteiger partial charge in [0.25, 0.3) is 5.69 Å². The van der Waals surface area contributed by atoms with Crippen molar-refractivity contribution in [3.8, 4) is 0 Å². The molecule has 31 heavy (non-hydrogen) atoms. The van der Waals surface area contributed by atoms with Crippen molar-refractivity contribution in [1.29, 1.82) is 0 Å². The third-order valence-electron chi connectivity index (χ3n) is 4.29. The van der Waals surface area contributed by atoms with E-state index in [-0.39, 0.29) is 11.4 Å². The van der Waals surface area contributed by atoms with Crippen LogP contribution in [0.3, 0.4) is 0 Å². The van der Waals surface area contributed by atoms with E-state index in [4.69, 9.17) is 0 Å². The highest BCUT2D eigenvalue weighted by Gasteiger charge is 2.18. The zero-order chi connectivity index (χ0) is 22.2. The van der Waals surface area contributed by atoms with Crippen molar-refractivity contribution in [3.05, 3.63) is 89.0 Å². The van der Waals surface area contributed by atoms with E-state index in [1.54, 1.807) is 49.4 Å². The van der Waals surface area contributed by atoms with Crippen molar-refractivity contribution in [3.63, 3.8) is 0 Å². The Hall–Kier alpha value is -4.40. The molecule has 3 aromatic carbocycles. The number of hydrogen-bond donors (Lipinski definition) is 4. The molecule has 3 amide bonds. The average molecular weight is 419 g/mol. The van der Waals surface area contributed by atoms with Crippen LogP contribution in [0.1, 0.15) is 6.92 Å². The van der Waals surface area contributed by atoms with Gasteiger partial charge in [0.2, 0.25) is 5.91 Å². The molecule has 0 bridgehead atoms.